The molecule has 1 fully saturated rings. The number of piperidine rings is 1. The minimum absolute atomic E-state index is 0.277. The smallest absolute Gasteiger partial charge is 0.141 e. The largest absolute Gasteiger partial charge is 0.383 e. The lowest BCUT2D eigenvalue weighted by Crippen LogP contribution is -2.38. The quantitative estimate of drug-likeness (QED) is 0.796. The Bertz CT molecular complexity index is 363. The lowest BCUT2D eigenvalue weighted by atomic mass is 9.97. The van der Waals surface area contributed by atoms with Gasteiger partial charge in [-0.2, -0.15) is 0 Å². The summed E-state index contributed by atoms with van der Waals surface area (Å²) >= 11 is 0. The summed E-state index contributed by atoms with van der Waals surface area (Å²) in [7, 11) is 1.72. The third-order valence-electron chi connectivity index (χ3n) is 3.57. The zero-order valence-electron chi connectivity index (χ0n) is 11.4. The van der Waals surface area contributed by atoms with E-state index in [1.165, 1.54) is 12.3 Å². The number of hydrogen-bond donors (Lipinski definition) is 1. The average molecular weight is 267 g/mol. The molecule has 1 saturated heterocycles. The van der Waals surface area contributed by atoms with Gasteiger partial charge in [-0.25, -0.2) is 9.37 Å². The van der Waals surface area contributed by atoms with Crippen LogP contribution in [0.25, 0.3) is 0 Å². The normalized spacial score (nSPS) is 16.8. The second-order valence-corrected chi connectivity index (χ2v) is 4.96. The summed E-state index contributed by atoms with van der Waals surface area (Å²) in [5.41, 5.74) is 0. The molecule has 1 aliphatic heterocycles. The summed E-state index contributed by atoms with van der Waals surface area (Å²) in [6.07, 6.45) is 3.59. The van der Waals surface area contributed by atoms with E-state index in [0.717, 1.165) is 51.4 Å². The maximum atomic E-state index is 12.8. The van der Waals surface area contributed by atoms with Gasteiger partial charge in [-0.05, 0) is 37.4 Å². The number of rotatable bonds is 6. The van der Waals surface area contributed by atoms with Gasteiger partial charge in [0, 0.05) is 26.7 Å². The van der Waals surface area contributed by atoms with Crippen LogP contribution in [-0.4, -0.2) is 44.9 Å². The van der Waals surface area contributed by atoms with Crippen LogP contribution in [0.5, 0.6) is 0 Å². The fourth-order valence-electron chi connectivity index (χ4n) is 2.40. The highest BCUT2D eigenvalue weighted by atomic mass is 19.1. The second kappa shape index (κ2) is 7.40. The molecule has 1 N–H and O–H groups in total. The van der Waals surface area contributed by atoms with Crippen molar-refractivity contribution >= 4 is 5.82 Å². The molecule has 0 radical (unpaired) electrons. The molecule has 19 heavy (non-hydrogen) atoms. The van der Waals surface area contributed by atoms with Gasteiger partial charge in [0.05, 0.1) is 12.8 Å². The van der Waals surface area contributed by atoms with Crippen molar-refractivity contribution in [2.24, 2.45) is 5.92 Å². The van der Waals surface area contributed by atoms with Crippen molar-refractivity contribution < 1.29 is 9.13 Å². The number of methoxy groups -OCH3 is 1. The number of pyridine rings is 1. The number of ether oxygens (including phenoxy) is 1. The molecular formula is C14H22FN3O. The van der Waals surface area contributed by atoms with E-state index in [1.807, 2.05) is 0 Å². The first-order chi connectivity index (χ1) is 9.29. The van der Waals surface area contributed by atoms with Crippen LogP contribution in [0, 0.1) is 11.7 Å². The Labute approximate surface area is 114 Å². The van der Waals surface area contributed by atoms with Crippen LogP contribution in [0.15, 0.2) is 18.3 Å². The Kier molecular flexibility index (Phi) is 5.54. The number of hydrogen-bond acceptors (Lipinski definition) is 4. The van der Waals surface area contributed by atoms with Gasteiger partial charge in [0.2, 0.25) is 0 Å². The monoisotopic (exact) mass is 267 g/mol. The first kappa shape index (κ1) is 14.2. The average Bonchev–Trinajstić information content (AvgIpc) is 2.45. The van der Waals surface area contributed by atoms with E-state index in [1.54, 1.807) is 13.2 Å². The molecule has 106 valence electrons. The number of aromatic nitrogens is 1. The van der Waals surface area contributed by atoms with Gasteiger partial charge in [0.1, 0.15) is 11.6 Å². The van der Waals surface area contributed by atoms with E-state index in [0.29, 0.717) is 5.92 Å². The van der Waals surface area contributed by atoms with Crippen molar-refractivity contribution in [1.82, 2.24) is 10.3 Å². The van der Waals surface area contributed by atoms with Gasteiger partial charge in [0.25, 0.3) is 0 Å². The Morgan fingerprint density at radius 1 is 1.42 bits per heavy atom. The topological polar surface area (TPSA) is 37.4 Å². The Balaban J connectivity index is 1.71. The summed E-state index contributed by atoms with van der Waals surface area (Å²) in [6, 6.07) is 3.23. The zero-order valence-corrected chi connectivity index (χ0v) is 11.4. The van der Waals surface area contributed by atoms with Crippen LogP contribution in [0.1, 0.15) is 12.8 Å². The van der Waals surface area contributed by atoms with Crippen LogP contribution in [0.4, 0.5) is 10.2 Å². The Morgan fingerprint density at radius 2 is 2.21 bits per heavy atom. The molecular weight excluding hydrogens is 245 g/mol. The SMILES string of the molecule is COCCNCC1CCN(c2ccc(F)cn2)CC1. The number of halogens is 1. The van der Waals surface area contributed by atoms with Crippen LogP contribution in [0.3, 0.4) is 0 Å². The van der Waals surface area contributed by atoms with E-state index in [2.05, 4.69) is 15.2 Å². The highest BCUT2D eigenvalue weighted by molar-refractivity contribution is 5.38. The fourth-order valence-corrected chi connectivity index (χ4v) is 2.40. The molecule has 0 spiro atoms. The third kappa shape index (κ3) is 4.44. The van der Waals surface area contributed by atoms with E-state index < -0.39 is 0 Å². The predicted molar refractivity (Wildman–Crippen MR) is 73.9 cm³/mol. The molecule has 1 aromatic rings. The van der Waals surface area contributed by atoms with Gasteiger partial charge >= 0.3 is 0 Å². The maximum Gasteiger partial charge on any atom is 0.141 e. The van der Waals surface area contributed by atoms with Crippen LogP contribution in [0.2, 0.25) is 0 Å². The maximum absolute atomic E-state index is 12.8. The van der Waals surface area contributed by atoms with E-state index in [9.17, 15) is 4.39 Å². The van der Waals surface area contributed by atoms with Crippen molar-refractivity contribution in [2.45, 2.75) is 12.8 Å². The molecule has 2 heterocycles. The molecule has 0 atom stereocenters. The van der Waals surface area contributed by atoms with E-state index in [-0.39, 0.29) is 5.82 Å². The third-order valence-corrected chi connectivity index (χ3v) is 3.57. The van der Waals surface area contributed by atoms with E-state index in [4.69, 9.17) is 4.74 Å². The van der Waals surface area contributed by atoms with Crippen LogP contribution >= 0.6 is 0 Å². The number of anilines is 1. The molecule has 0 aromatic carbocycles. The van der Waals surface area contributed by atoms with Gasteiger partial charge in [-0.15, -0.1) is 0 Å². The van der Waals surface area contributed by atoms with Gasteiger partial charge in [-0.3, -0.25) is 0 Å². The molecule has 1 aliphatic rings. The van der Waals surface area contributed by atoms with Crippen molar-refractivity contribution in [3.8, 4) is 0 Å². The molecule has 0 amide bonds. The molecule has 0 unspecified atom stereocenters. The summed E-state index contributed by atoms with van der Waals surface area (Å²) in [4.78, 5) is 6.36. The van der Waals surface area contributed by atoms with Crippen molar-refractivity contribution in [3.63, 3.8) is 0 Å². The second-order valence-electron chi connectivity index (χ2n) is 4.96. The molecule has 2 rings (SSSR count). The highest BCUT2D eigenvalue weighted by Gasteiger charge is 2.19. The lowest BCUT2D eigenvalue weighted by Gasteiger charge is -2.32. The zero-order chi connectivity index (χ0) is 13.5. The van der Waals surface area contributed by atoms with Crippen molar-refractivity contribution in [2.75, 3.05) is 44.8 Å². The van der Waals surface area contributed by atoms with E-state index >= 15 is 0 Å². The molecule has 5 heteroatoms. The lowest BCUT2D eigenvalue weighted by molar-refractivity contribution is 0.196. The summed E-state index contributed by atoms with van der Waals surface area (Å²) in [5, 5.41) is 3.41. The van der Waals surface area contributed by atoms with Gasteiger partial charge in [0.15, 0.2) is 0 Å². The molecule has 0 bridgehead atoms. The van der Waals surface area contributed by atoms with Crippen LogP contribution in [-0.2, 0) is 4.74 Å². The standard InChI is InChI=1S/C14H22FN3O/c1-19-9-6-16-10-12-4-7-18(8-5-12)14-3-2-13(15)11-17-14/h2-3,11-12,16H,4-10H2,1H3. The first-order valence-corrected chi connectivity index (χ1v) is 6.85. The number of nitrogens with zero attached hydrogens (tertiary/aromatic N) is 2. The van der Waals surface area contributed by atoms with Crippen LogP contribution < -0.4 is 10.2 Å². The Hall–Kier alpha value is -1.20. The van der Waals surface area contributed by atoms with Crippen molar-refractivity contribution in [1.29, 1.82) is 0 Å². The number of nitrogens with one attached hydrogen (secondary N) is 1. The minimum Gasteiger partial charge on any atom is -0.383 e. The fraction of sp³-hybridized carbons (Fsp3) is 0.643. The molecule has 0 aliphatic carbocycles. The molecule has 0 saturated carbocycles. The summed E-state index contributed by atoms with van der Waals surface area (Å²) in [5.74, 6) is 1.32. The highest BCUT2D eigenvalue weighted by Crippen LogP contribution is 2.21. The van der Waals surface area contributed by atoms with Crippen molar-refractivity contribution in [3.05, 3.63) is 24.1 Å². The predicted octanol–water partition coefficient (Wildman–Crippen LogP) is 1.67. The minimum atomic E-state index is -0.277. The summed E-state index contributed by atoms with van der Waals surface area (Å²) in [6.45, 7) is 4.72. The molecule has 4 nitrogen and oxygen atoms in total. The van der Waals surface area contributed by atoms with Gasteiger partial charge in [-0.1, -0.05) is 0 Å². The van der Waals surface area contributed by atoms with Gasteiger partial charge < -0.3 is 15.0 Å². The molecule has 1 aromatic heterocycles. The Morgan fingerprint density at radius 3 is 2.84 bits per heavy atom. The summed E-state index contributed by atoms with van der Waals surface area (Å²) < 4.78 is 17.8. The first-order valence-electron chi connectivity index (χ1n) is 6.85.